The van der Waals surface area contributed by atoms with Crippen LogP contribution in [0.5, 0.6) is 11.5 Å². The Kier molecular flexibility index (Phi) is 4.25. The molecule has 3 rings (SSSR count). The number of nitrogens with zero attached hydrogens (tertiary/aromatic N) is 1. The van der Waals surface area contributed by atoms with Crippen molar-refractivity contribution in [2.45, 2.75) is 13.5 Å². The Morgan fingerprint density at radius 2 is 1.71 bits per heavy atom. The van der Waals surface area contributed by atoms with E-state index in [-0.39, 0.29) is 10.8 Å². The summed E-state index contributed by atoms with van der Waals surface area (Å²) in [5.74, 6) is 0.511. The van der Waals surface area contributed by atoms with E-state index in [0.717, 1.165) is 5.56 Å². The number of aromatic nitrogens is 1. The van der Waals surface area contributed by atoms with Crippen molar-refractivity contribution < 1.29 is 13.9 Å². The molecule has 0 saturated carbocycles. The molecule has 3 aromatic rings. The number of benzene rings is 2. The number of halogens is 1. The second-order valence-corrected chi connectivity index (χ2v) is 5.39. The molecule has 0 aliphatic rings. The summed E-state index contributed by atoms with van der Waals surface area (Å²) in [4.78, 5) is 12.8. The maximum absolute atomic E-state index is 14.5. The summed E-state index contributed by atoms with van der Waals surface area (Å²) in [6.45, 7) is 2.55. The highest BCUT2D eigenvalue weighted by molar-refractivity contribution is 5.85. The van der Waals surface area contributed by atoms with Crippen LogP contribution in [0.2, 0.25) is 0 Å². The predicted octanol–water partition coefficient (Wildman–Crippen LogP) is 3.84. The topological polar surface area (TPSA) is 40.5 Å². The average molecular weight is 327 g/mol. The third-order valence-corrected chi connectivity index (χ3v) is 4.09. The minimum absolute atomic E-state index is 0.0750. The third-order valence-electron chi connectivity index (χ3n) is 4.09. The Morgan fingerprint density at radius 3 is 2.29 bits per heavy atom. The molecule has 2 aromatic carbocycles. The lowest BCUT2D eigenvalue weighted by molar-refractivity contribution is 0.412. The summed E-state index contributed by atoms with van der Waals surface area (Å²) in [6.07, 6.45) is 1.76. The van der Waals surface area contributed by atoms with Gasteiger partial charge in [-0.1, -0.05) is 12.1 Å². The van der Waals surface area contributed by atoms with Crippen LogP contribution in [0.1, 0.15) is 6.92 Å². The van der Waals surface area contributed by atoms with Crippen LogP contribution in [0, 0.1) is 5.82 Å². The summed E-state index contributed by atoms with van der Waals surface area (Å²) in [5.41, 5.74) is 1.37. The number of fused-ring (bicyclic) bond motifs is 1. The lowest BCUT2D eigenvalue weighted by Crippen LogP contribution is -2.13. The van der Waals surface area contributed by atoms with E-state index in [9.17, 15) is 9.18 Å². The first-order chi connectivity index (χ1) is 11.6. The quantitative estimate of drug-likeness (QED) is 0.731. The number of methoxy groups -OCH3 is 2. The fourth-order valence-electron chi connectivity index (χ4n) is 2.79. The van der Waals surface area contributed by atoms with E-state index in [1.54, 1.807) is 43.6 Å². The number of ether oxygens (including phenoxy) is 2. The molecule has 0 atom stereocenters. The summed E-state index contributed by atoms with van der Waals surface area (Å²) in [5, 5.41) is 0.0750. The lowest BCUT2D eigenvalue weighted by Gasteiger charge is -2.14. The highest BCUT2D eigenvalue weighted by Crippen LogP contribution is 2.26. The smallest absolute Gasteiger partial charge is 0.200 e. The molecular weight excluding hydrogens is 309 g/mol. The molecule has 5 heteroatoms. The zero-order valence-corrected chi connectivity index (χ0v) is 13.8. The van der Waals surface area contributed by atoms with Gasteiger partial charge in [0, 0.05) is 30.4 Å². The van der Waals surface area contributed by atoms with Crippen molar-refractivity contribution in [1.29, 1.82) is 0 Å². The van der Waals surface area contributed by atoms with Gasteiger partial charge in [0.15, 0.2) is 5.43 Å². The van der Waals surface area contributed by atoms with Crippen LogP contribution in [0.15, 0.2) is 47.4 Å². The van der Waals surface area contributed by atoms with E-state index in [4.69, 9.17) is 9.47 Å². The Hall–Kier alpha value is -2.82. The monoisotopic (exact) mass is 327 g/mol. The lowest BCUT2D eigenvalue weighted by atomic mass is 10.0. The second kappa shape index (κ2) is 6.35. The molecule has 0 unspecified atom stereocenters. The van der Waals surface area contributed by atoms with Crippen LogP contribution in [0.3, 0.4) is 0 Å². The average Bonchev–Trinajstić information content (AvgIpc) is 2.61. The summed E-state index contributed by atoms with van der Waals surface area (Å²) in [6, 6.07) is 10.1. The molecule has 0 radical (unpaired) electrons. The number of aryl methyl sites for hydroxylation is 1. The number of hydrogen-bond acceptors (Lipinski definition) is 3. The highest BCUT2D eigenvalue weighted by atomic mass is 19.1. The molecule has 124 valence electrons. The SMILES string of the molecule is CCn1cc(-c2ccc(OC)cc2)c(=O)c2c(F)cc(OC)cc21. The number of pyridine rings is 1. The van der Waals surface area contributed by atoms with Gasteiger partial charge in [0.25, 0.3) is 0 Å². The molecule has 0 spiro atoms. The fraction of sp³-hybridized carbons (Fsp3) is 0.211. The Balaban J connectivity index is 2.32. The van der Waals surface area contributed by atoms with Gasteiger partial charge in [-0.3, -0.25) is 4.79 Å². The molecule has 0 aliphatic carbocycles. The first-order valence-electron chi connectivity index (χ1n) is 7.64. The van der Waals surface area contributed by atoms with Gasteiger partial charge in [-0.2, -0.15) is 0 Å². The van der Waals surface area contributed by atoms with E-state index >= 15 is 0 Å². The van der Waals surface area contributed by atoms with Crippen LogP contribution >= 0.6 is 0 Å². The van der Waals surface area contributed by atoms with Crippen molar-refractivity contribution in [3.63, 3.8) is 0 Å². The third kappa shape index (κ3) is 2.62. The van der Waals surface area contributed by atoms with Crippen LogP contribution in [0.25, 0.3) is 22.0 Å². The van der Waals surface area contributed by atoms with Crippen molar-refractivity contribution in [3.05, 3.63) is 58.6 Å². The van der Waals surface area contributed by atoms with Crippen LogP contribution in [-0.4, -0.2) is 18.8 Å². The maximum atomic E-state index is 14.5. The van der Waals surface area contributed by atoms with Crippen molar-refractivity contribution in [2.75, 3.05) is 14.2 Å². The van der Waals surface area contributed by atoms with E-state index in [1.807, 2.05) is 11.5 Å². The summed E-state index contributed by atoms with van der Waals surface area (Å²) >= 11 is 0. The standard InChI is InChI=1S/C19H18FNO3/c1-4-21-11-15(12-5-7-13(23-2)8-6-12)19(22)18-16(20)9-14(24-3)10-17(18)21/h5-11H,4H2,1-3H3. The molecule has 24 heavy (non-hydrogen) atoms. The maximum Gasteiger partial charge on any atom is 0.200 e. The highest BCUT2D eigenvalue weighted by Gasteiger charge is 2.15. The molecule has 1 aromatic heterocycles. The van der Waals surface area contributed by atoms with Gasteiger partial charge in [0.05, 0.1) is 25.1 Å². The molecule has 0 amide bonds. The molecular formula is C19H18FNO3. The fourth-order valence-corrected chi connectivity index (χ4v) is 2.79. The van der Waals surface area contributed by atoms with Gasteiger partial charge in [0.2, 0.25) is 0 Å². The van der Waals surface area contributed by atoms with E-state index in [0.29, 0.717) is 29.1 Å². The number of rotatable bonds is 4. The van der Waals surface area contributed by atoms with Crippen molar-refractivity contribution in [2.24, 2.45) is 0 Å². The summed E-state index contributed by atoms with van der Waals surface area (Å²) < 4.78 is 26.6. The van der Waals surface area contributed by atoms with Gasteiger partial charge in [-0.25, -0.2) is 4.39 Å². The Labute approximate surface area is 139 Å². The van der Waals surface area contributed by atoms with E-state index in [2.05, 4.69) is 0 Å². The molecule has 1 heterocycles. The van der Waals surface area contributed by atoms with Crippen LogP contribution in [0.4, 0.5) is 4.39 Å². The molecule has 0 aliphatic heterocycles. The predicted molar refractivity (Wildman–Crippen MR) is 92.4 cm³/mol. The van der Waals surface area contributed by atoms with Crippen molar-refractivity contribution in [1.82, 2.24) is 4.57 Å². The minimum atomic E-state index is -0.577. The van der Waals surface area contributed by atoms with Crippen molar-refractivity contribution in [3.8, 4) is 22.6 Å². The Morgan fingerprint density at radius 1 is 1.04 bits per heavy atom. The number of hydrogen-bond donors (Lipinski definition) is 0. The van der Waals surface area contributed by atoms with Gasteiger partial charge < -0.3 is 14.0 Å². The second-order valence-electron chi connectivity index (χ2n) is 5.39. The molecule has 0 N–H and O–H groups in total. The molecule has 0 bridgehead atoms. The first-order valence-corrected chi connectivity index (χ1v) is 7.64. The van der Waals surface area contributed by atoms with Gasteiger partial charge in [0.1, 0.15) is 17.3 Å². The largest absolute Gasteiger partial charge is 0.497 e. The van der Waals surface area contributed by atoms with E-state index in [1.165, 1.54) is 13.2 Å². The van der Waals surface area contributed by atoms with Gasteiger partial charge >= 0.3 is 0 Å². The zero-order valence-electron chi connectivity index (χ0n) is 13.8. The molecule has 0 saturated heterocycles. The first kappa shape index (κ1) is 16.1. The molecule has 4 nitrogen and oxygen atoms in total. The van der Waals surface area contributed by atoms with Crippen LogP contribution < -0.4 is 14.9 Å². The van der Waals surface area contributed by atoms with Gasteiger partial charge in [-0.15, -0.1) is 0 Å². The van der Waals surface area contributed by atoms with E-state index < -0.39 is 5.82 Å². The zero-order chi connectivity index (χ0) is 17.3. The van der Waals surface area contributed by atoms with Gasteiger partial charge in [-0.05, 0) is 24.6 Å². The molecule has 0 fully saturated rings. The van der Waals surface area contributed by atoms with Crippen LogP contribution in [-0.2, 0) is 6.54 Å². The summed E-state index contributed by atoms with van der Waals surface area (Å²) in [7, 11) is 3.05. The minimum Gasteiger partial charge on any atom is -0.497 e. The van der Waals surface area contributed by atoms with Crippen molar-refractivity contribution >= 4 is 10.9 Å². The Bertz CT molecular complexity index is 945. The normalized spacial score (nSPS) is 10.8.